The van der Waals surface area contributed by atoms with Gasteiger partial charge >= 0.3 is 0 Å². The zero-order valence-electron chi connectivity index (χ0n) is 16.8. The van der Waals surface area contributed by atoms with Crippen LogP contribution in [0.2, 0.25) is 0 Å². The van der Waals surface area contributed by atoms with Crippen LogP contribution < -0.4 is 5.73 Å². The SMILES string of the molecule is NC(=O)[C@@]1(Cc2ccccc2-c2cccnc2)CCN(C(=O)Cc2ccccc2)C1. The van der Waals surface area contributed by atoms with Gasteiger partial charge in [0.1, 0.15) is 0 Å². The first-order chi connectivity index (χ1) is 14.6. The van der Waals surface area contributed by atoms with Gasteiger partial charge in [-0.2, -0.15) is 0 Å². The Morgan fingerprint density at radius 1 is 1.00 bits per heavy atom. The average molecular weight is 399 g/mol. The molecule has 152 valence electrons. The molecular formula is C25H25N3O2. The number of carbonyl (C=O) groups is 2. The highest BCUT2D eigenvalue weighted by Gasteiger charge is 2.45. The molecule has 0 unspecified atom stereocenters. The van der Waals surface area contributed by atoms with E-state index in [2.05, 4.69) is 4.98 Å². The summed E-state index contributed by atoms with van der Waals surface area (Å²) in [5.41, 5.74) is 9.20. The van der Waals surface area contributed by atoms with Gasteiger partial charge in [-0.1, -0.05) is 60.7 Å². The second-order valence-electron chi connectivity index (χ2n) is 7.95. The molecule has 30 heavy (non-hydrogen) atoms. The molecule has 1 saturated heterocycles. The van der Waals surface area contributed by atoms with Gasteiger partial charge in [-0.05, 0) is 35.6 Å². The molecule has 2 heterocycles. The van der Waals surface area contributed by atoms with Crippen molar-refractivity contribution in [1.29, 1.82) is 0 Å². The molecule has 0 aliphatic carbocycles. The van der Waals surface area contributed by atoms with E-state index in [1.807, 2.05) is 72.9 Å². The summed E-state index contributed by atoms with van der Waals surface area (Å²) in [5, 5.41) is 0. The van der Waals surface area contributed by atoms with Crippen molar-refractivity contribution in [3.8, 4) is 11.1 Å². The Bertz CT molecular complexity index is 1040. The highest BCUT2D eigenvalue weighted by atomic mass is 16.2. The van der Waals surface area contributed by atoms with Crippen molar-refractivity contribution in [2.45, 2.75) is 19.3 Å². The summed E-state index contributed by atoms with van der Waals surface area (Å²) in [5.74, 6) is -0.316. The maximum atomic E-state index is 12.8. The molecule has 2 aromatic carbocycles. The molecule has 0 saturated carbocycles. The minimum atomic E-state index is -0.759. The second kappa shape index (κ2) is 8.49. The maximum Gasteiger partial charge on any atom is 0.227 e. The molecule has 1 aliphatic rings. The first kappa shape index (κ1) is 19.8. The standard InChI is InChI=1S/C25H25N3O2/c26-24(30)25(12-14-28(18-25)23(29)15-19-7-2-1-3-8-19)16-20-9-4-5-11-22(20)21-10-6-13-27-17-21/h1-11,13,17H,12,14-16,18H2,(H2,26,30)/t25-/m1/s1. The Labute approximate surface area is 176 Å². The van der Waals surface area contributed by atoms with E-state index in [4.69, 9.17) is 5.73 Å². The van der Waals surface area contributed by atoms with Gasteiger partial charge in [-0.3, -0.25) is 14.6 Å². The molecule has 0 radical (unpaired) electrons. The smallest absolute Gasteiger partial charge is 0.227 e. The first-order valence-electron chi connectivity index (χ1n) is 10.2. The number of likely N-dealkylation sites (tertiary alicyclic amines) is 1. The van der Waals surface area contributed by atoms with Gasteiger partial charge in [-0.15, -0.1) is 0 Å². The van der Waals surface area contributed by atoms with E-state index in [0.717, 1.165) is 22.3 Å². The van der Waals surface area contributed by atoms with Crippen LogP contribution in [0.1, 0.15) is 17.5 Å². The van der Waals surface area contributed by atoms with E-state index in [1.165, 1.54) is 0 Å². The molecule has 5 nitrogen and oxygen atoms in total. The average Bonchev–Trinajstić information content (AvgIpc) is 3.21. The van der Waals surface area contributed by atoms with Crippen LogP contribution in [0.5, 0.6) is 0 Å². The van der Waals surface area contributed by atoms with Crippen molar-refractivity contribution >= 4 is 11.8 Å². The number of hydrogen-bond acceptors (Lipinski definition) is 3. The topological polar surface area (TPSA) is 76.3 Å². The number of hydrogen-bond donors (Lipinski definition) is 1. The third kappa shape index (κ3) is 4.10. The molecule has 2 N–H and O–H groups in total. The van der Waals surface area contributed by atoms with Crippen LogP contribution in [0.4, 0.5) is 0 Å². The van der Waals surface area contributed by atoms with Crippen LogP contribution in [0, 0.1) is 5.41 Å². The fourth-order valence-electron chi connectivity index (χ4n) is 4.24. The molecule has 4 rings (SSSR count). The van der Waals surface area contributed by atoms with Crippen LogP contribution >= 0.6 is 0 Å². The molecule has 2 amide bonds. The van der Waals surface area contributed by atoms with Crippen molar-refractivity contribution in [2.24, 2.45) is 11.1 Å². The molecular weight excluding hydrogens is 374 g/mol. The lowest BCUT2D eigenvalue weighted by molar-refractivity contribution is -0.131. The van der Waals surface area contributed by atoms with Crippen molar-refractivity contribution < 1.29 is 9.59 Å². The van der Waals surface area contributed by atoms with Gasteiger partial charge in [0.15, 0.2) is 0 Å². The number of aromatic nitrogens is 1. The summed E-state index contributed by atoms with van der Waals surface area (Å²) < 4.78 is 0. The number of rotatable bonds is 6. The fraction of sp³-hybridized carbons (Fsp3) is 0.240. The van der Waals surface area contributed by atoms with E-state index in [1.54, 1.807) is 11.1 Å². The number of pyridine rings is 1. The van der Waals surface area contributed by atoms with Crippen LogP contribution in [-0.2, 0) is 22.4 Å². The number of benzene rings is 2. The van der Waals surface area contributed by atoms with Crippen LogP contribution in [0.15, 0.2) is 79.1 Å². The lowest BCUT2D eigenvalue weighted by Gasteiger charge is -2.27. The largest absolute Gasteiger partial charge is 0.369 e. The van der Waals surface area contributed by atoms with Crippen LogP contribution in [-0.4, -0.2) is 34.8 Å². The predicted molar refractivity (Wildman–Crippen MR) is 116 cm³/mol. The van der Waals surface area contributed by atoms with Crippen molar-refractivity contribution in [1.82, 2.24) is 9.88 Å². The normalized spacial score (nSPS) is 18.3. The number of amides is 2. The molecule has 0 spiro atoms. The third-order valence-electron chi connectivity index (χ3n) is 5.95. The molecule has 1 aliphatic heterocycles. The zero-order chi connectivity index (χ0) is 21.0. The molecule has 3 aromatic rings. The molecule has 1 aromatic heterocycles. The van der Waals surface area contributed by atoms with Gasteiger partial charge < -0.3 is 10.6 Å². The summed E-state index contributed by atoms with van der Waals surface area (Å²) in [7, 11) is 0. The Kier molecular flexibility index (Phi) is 5.61. The minimum Gasteiger partial charge on any atom is -0.369 e. The summed E-state index contributed by atoms with van der Waals surface area (Å²) in [6, 6.07) is 21.6. The van der Waals surface area contributed by atoms with Gasteiger partial charge in [0.2, 0.25) is 11.8 Å². The maximum absolute atomic E-state index is 12.8. The van der Waals surface area contributed by atoms with E-state index in [9.17, 15) is 9.59 Å². The van der Waals surface area contributed by atoms with Crippen LogP contribution in [0.3, 0.4) is 0 Å². The molecule has 1 fully saturated rings. The van der Waals surface area contributed by atoms with E-state index in [0.29, 0.717) is 32.4 Å². The van der Waals surface area contributed by atoms with E-state index < -0.39 is 5.41 Å². The van der Waals surface area contributed by atoms with Crippen LogP contribution in [0.25, 0.3) is 11.1 Å². The highest BCUT2D eigenvalue weighted by Crippen LogP contribution is 2.37. The van der Waals surface area contributed by atoms with Gasteiger partial charge in [0, 0.05) is 31.0 Å². The number of carbonyl (C=O) groups excluding carboxylic acids is 2. The zero-order valence-corrected chi connectivity index (χ0v) is 16.8. The Hall–Kier alpha value is -3.47. The van der Waals surface area contributed by atoms with Crippen molar-refractivity contribution in [3.63, 3.8) is 0 Å². The quantitative estimate of drug-likeness (QED) is 0.691. The number of primary amides is 1. The molecule has 1 atom stereocenters. The summed E-state index contributed by atoms with van der Waals surface area (Å²) in [4.78, 5) is 31.4. The lowest BCUT2D eigenvalue weighted by atomic mass is 9.78. The van der Waals surface area contributed by atoms with E-state index >= 15 is 0 Å². The van der Waals surface area contributed by atoms with Gasteiger partial charge in [0.05, 0.1) is 11.8 Å². The van der Waals surface area contributed by atoms with Gasteiger partial charge in [-0.25, -0.2) is 0 Å². The Morgan fingerprint density at radius 3 is 2.50 bits per heavy atom. The van der Waals surface area contributed by atoms with Crippen molar-refractivity contribution in [3.05, 3.63) is 90.3 Å². The summed E-state index contributed by atoms with van der Waals surface area (Å²) >= 11 is 0. The molecule has 5 heteroatoms. The van der Waals surface area contributed by atoms with E-state index in [-0.39, 0.29) is 11.8 Å². The lowest BCUT2D eigenvalue weighted by Crippen LogP contribution is -2.42. The summed E-state index contributed by atoms with van der Waals surface area (Å²) in [6.07, 6.45) is 4.97. The van der Waals surface area contributed by atoms with Gasteiger partial charge in [0.25, 0.3) is 0 Å². The number of nitrogens with two attached hydrogens (primary N) is 1. The highest BCUT2D eigenvalue weighted by molar-refractivity contribution is 5.85. The minimum absolute atomic E-state index is 0.0323. The first-order valence-corrected chi connectivity index (χ1v) is 10.2. The monoisotopic (exact) mass is 399 g/mol. The summed E-state index contributed by atoms with van der Waals surface area (Å²) in [6.45, 7) is 0.902. The van der Waals surface area contributed by atoms with Crippen molar-refractivity contribution in [2.75, 3.05) is 13.1 Å². The predicted octanol–water partition coefficient (Wildman–Crippen LogP) is 3.24. The second-order valence-corrected chi connectivity index (χ2v) is 7.95. The third-order valence-corrected chi connectivity index (χ3v) is 5.95. The number of nitrogens with zero attached hydrogens (tertiary/aromatic N) is 2. The fourth-order valence-corrected chi connectivity index (χ4v) is 4.24. The molecule has 0 bridgehead atoms. The Morgan fingerprint density at radius 2 is 1.77 bits per heavy atom. The Balaban J connectivity index is 1.56.